The second-order valence-electron chi connectivity index (χ2n) is 3.64. The molecule has 3 nitrogen and oxygen atoms in total. The molecule has 0 aliphatic rings. The number of benzene rings is 2. The van der Waals surface area contributed by atoms with E-state index in [4.69, 9.17) is 0 Å². The van der Waals surface area contributed by atoms with Crippen LogP contribution in [0.3, 0.4) is 0 Å². The molecule has 0 amide bonds. The van der Waals surface area contributed by atoms with Crippen LogP contribution in [-0.4, -0.2) is 11.0 Å². The van der Waals surface area contributed by atoms with Gasteiger partial charge in [0.2, 0.25) is 0 Å². The van der Waals surface area contributed by atoms with Gasteiger partial charge in [0.1, 0.15) is 0 Å². The average molecular weight is 257 g/mol. The summed E-state index contributed by atoms with van der Waals surface area (Å²) in [6.45, 7) is 0. The van der Waals surface area contributed by atoms with Gasteiger partial charge in [0.05, 0.1) is 11.1 Å². The monoisotopic (exact) mass is 257 g/mol. The van der Waals surface area contributed by atoms with Crippen LogP contribution in [0.2, 0.25) is 0 Å². The third-order valence-electron chi connectivity index (χ3n) is 2.41. The Morgan fingerprint density at radius 3 is 1.33 bits per heavy atom. The van der Waals surface area contributed by atoms with Gasteiger partial charge in [0.15, 0.2) is 0 Å². The molecule has 0 saturated heterocycles. The molecule has 18 heavy (non-hydrogen) atoms. The van der Waals surface area contributed by atoms with Gasteiger partial charge in [-0.2, -0.15) is 0 Å². The Bertz CT molecular complexity index is 537. The molecule has 0 radical (unpaired) electrons. The highest BCUT2D eigenvalue weighted by molar-refractivity contribution is 7.80. The maximum Gasteiger partial charge on any atom is 0.501 e. The van der Waals surface area contributed by atoms with E-state index >= 15 is 0 Å². The first-order chi connectivity index (χ1) is 8.70. The quantitative estimate of drug-likeness (QED) is 0.788. The second-order valence-corrected chi connectivity index (χ2v) is 5.04. The van der Waals surface area contributed by atoms with Gasteiger partial charge in [-0.25, -0.2) is 9.59 Å². The zero-order valence-electron chi connectivity index (χ0n) is 9.45. The largest absolute Gasteiger partial charge is 0.501 e. The molecule has 0 spiro atoms. The van der Waals surface area contributed by atoms with Crippen LogP contribution in [0.1, 0.15) is 20.7 Å². The van der Waals surface area contributed by atoms with Gasteiger partial charge < -0.3 is 0 Å². The van der Waals surface area contributed by atoms with Crippen molar-refractivity contribution in [3.63, 3.8) is 0 Å². The van der Waals surface area contributed by atoms with Crippen LogP contribution in [0, 0.1) is 0 Å². The molecule has 0 unspecified atom stereocenters. The lowest BCUT2D eigenvalue weighted by Crippen LogP contribution is -2.01. The van der Waals surface area contributed by atoms with Crippen molar-refractivity contribution in [3.8, 4) is 0 Å². The molecule has 2 aromatic carbocycles. The standard InChI is InChI=1S/C14H10O3P/c15-13(11-7-3-1-4-8-11)18(17)14(16)12-9-5-2-6-10-12/h1-10H/q+1. The van der Waals surface area contributed by atoms with Gasteiger partial charge in [-0.05, 0) is 24.3 Å². The van der Waals surface area contributed by atoms with Crippen LogP contribution >= 0.6 is 7.80 Å². The molecule has 0 saturated carbocycles. The third kappa shape index (κ3) is 2.58. The highest BCUT2D eigenvalue weighted by atomic mass is 31.1. The summed E-state index contributed by atoms with van der Waals surface area (Å²) in [6, 6.07) is 16.4. The van der Waals surface area contributed by atoms with Crippen LogP contribution in [0.25, 0.3) is 0 Å². The average Bonchev–Trinajstić information content (AvgIpc) is 2.47. The fourth-order valence-electron chi connectivity index (χ4n) is 1.49. The van der Waals surface area contributed by atoms with Gasteiger partial charge in [-0.1, -0.05) is 41.0 Å². The molecule has 0 heterocycles. The second kappa shape index (κ2) is 5.48. The molecule has 2 rings (SSSR count). The maximum atomic E-state index is 11.9. The molecule has 0 aliphatic heterocycles. The molecular weight excluding hydrogens is 247 g/mol. The Hall–Kier alpha value is -2.12. The zero-order chi connectivity index (χ0) is 13.0. The smallest absolute Gasteiger partial charge is 0.234 e. The van der Waals surface area contributed by atoms with Crippen molar-refractivity contribution in [1.29, 1.82) is 0 Å². The van der Waals surface area contributed by atoms with E-state index in [1.54, 1.807) is 60.7 Å². The SMILES string of the molecule is O=C(c1ccccc1)[P+](=O)C(=O)c1ccccc1. The lowest BCUT2D eigenvalue weighted by Gasteiger charge is -1.91. The molecule has 0 bridgehead atoms. The zero-order valence-corrected chi connectivity index (χ0v) is 10.3. The summed E-state index contributed by atoms with van der Waals surface area (Å²) in [5.41, 5.74) is -0.662. The number of rotatable bonds is 4. The summed E-state index contributed by atoms with van der Waals surface area (Å²) in [5.74, 6) is 0. The number of carbonyl (C=O) groups is 2. The summed E-state index contributed by atoms with van der Waals surface area (Å²) in [4.78, 5) is 23.7. The lowest BCUT2D eigenvalue weighted by molar-refractivity contribution is 0.104. The highest BCUT2D eigenvalue weighted by Crippen LogP contribution is 2.31. The minimum atomic E-state index is -2.58. The highest BCUT2D eigenvalue weighted by Gasteiger charge is 2.39. The predicted octanol–water partition coefficient (Wildman–Crippen LogP) is 3.49. The number of hydrogen-bond acceptors (Lipinski definition) is 3. The van der Waals surface area contributed by atoms with Crippen LogP contribution in [-0.2, 0) is 4.57 Å². The Labute approximate surface area is 105 Å². The van der Waals surface area contributed by atoms with E-state index in [1.807, 2.05) is 0 Å². The van der Waals surface area contributed by atoms with E-state index in [0.29, 0.717) is 11.1 Å². The van der Waals surface area contributed by atoms with Crippen molar-refractivity contribution < 1.29 is 14.2 Å². The first-order valence-electron chi connectivity index (χ1n) is 5.36. The minimum Gasteiger partial charge on any atom is -0.234 e. The van der Waals surface area contributed by atoms with E-state index in [1.165, 1.54) is 0 Å². The van der Waals surface area contributed by atoms with Crippen LogP contribution in [0.5, 0.6) is 0 Å². The van der Waals surface area contributed by atoms with Crippen LogP contribution < -0.4 is 0 Å². The summed E-state index contributed by atoms with van der Waals surface area (Å²) >= 11 is 0. The van der Waals surface area contributed by atoms with Crippen LogP contribution in [0.4, 0.5) is 0 Å². The first kappa shape index (κ1) is 12.3. The van der Waals surface area contributed by atoms with E-state index in [0.717, 1.165) is 0 Å². The normalized spacial score (nSPS) is 9.78. The van der Waals surface area contributed by atoms with Gasteiger partial charge in [0, 0.05) is 0 Å². The minimum absolute atomic E-state index is 0.294. The third-order valence-corrected chi connectivity index (χ3v) is 3.66. The van der Waals surface area contributed by atoms with E-state index in [9.17, 15) is 14.2 Å². The summed E-state index contributed by atoms with van der Waals surface area (Å²) < 4.78 is 11.9. The van der Waals surface area contributed by atoms with Crippen molar-refractivity contribution in [2.45, 2.75) is 0 Å². The van der Waals surface area contributed by atoms with Gasteiger partial charge >= 0.3 is 18.8 Å². The molecule has 0 aliphatic carbocycles. The fraction of sp³-hybridized carbons (Fsp3) is 0. The molecule has 88 valence electrons. The Balaban J connectivity index is 2.23. The van der Waals surface area contributed by atoms with Gasteiger partial charge in [-0.15, -0.1) is 0 Å². The number of hydrogen-bond donors (Lipinski definition) is 0. The van der Waals surface area contributed by atoms with Gasteiger partial charge in [-0.3, -0.25) is 0 Å². The Kier molecular flexibility index (Phi) is 3.75. The predicted molar refractivity (Wildman–Crippen MR) is 69.2 cm³/mol. The Morgan fingerprint density at radius 1 is 0.667 bits per heavy atom. The van der Waals surface area contributed by atoms with Crippen molar-refractivity contribution in [2.24, 2.45) is 0 Å². The summed E-state index contributed by atoms with van der Waals surface area (Å²) in [5, 5.41) is 0. The number of carbonyl (C=O) groups excluding carboxylic acids is 2. The summed E-state index contributed by atoms with van der Waals surface area (Å²) in [7, 11) is -2.58. The molecule has 0 atom stereocenters. The first-order valence-corrected chi connectivity index (χ1v) is 6.62. The van der Waals surface area contributed by atoms with E-state index in [2.05, 4.69) is 0 Å². The Morgan fingerprint density at radius 2 is 1.00 bits per heavy atom. The van der Waals surface area contributed by atoms with Crippen molar-refractivity contribution in [3.05, 3.63) is 71.8 Å². The molecule has 0 N–H and O–H groups in total. The van der Waals surface area contributed by atoms with E-state index in [-0.39, 0.29) is 0 Å². The maximum absolute atomic E-state index is 11.9. The molecule has 0 aromatic heterocycles. The molecule has 2 aromatic rings. The van der Waals surface area contributed by atoms with Crippen molar-refractivity contribution >= 4 is 18.8 Å². The van der Waals surface area contributed by atoms with Gasteiger partial charge in [0.25, 0.3) is 0 Å². The van der Waals surface area contributed by atoms with Crippen LogP contribution in [0.15, 0.2) is 60.7 Å². The molecule has 4 heteroatoms. The fourth-order valence-corrected chi connectivity index (χ4v) is 2.44. The van der Waals surface area contributed by atoms with Crippen molar-refractivity contribution in [2.75, 3.05) is 0 Å². The molecular formula is C14H10O3P+. The van der Waals surface area contributed by atoms with E-state index < -0.39 is 18.8 Å². The topological polar surface area (TPSA) is 51.2 Å². The molecule has 0 fully saturated rings. The lowest BCUT2D eigenvalue weighted by atomic mass is 10.2. The summed E-state index contributed by atoms with van der Waals surface area (Å²) in [6.07, 6.45) is 0. The van der Waals surface area contributed by atoms with Crippen molar-refractivity contribution in [1.82, 2.24) is 0 Å².